The van der Waals surface area contributed by atoms with Crippen LogP contribution in [0.3, 0.4) is 0 Å². The van der Waals surface area contributed by atoms with E-state index in [0.29, 0.717) is 5.69 Å². The van der Waals surface area contributed by atoms with Gasteiger partial charge in [0.2, 0.25) is 0 Å². The summed E-state index contributed by atoms with van der Waals surface area (Å²) in [5.41, 5.74) is 2.42. The Morgan fingerprint density at radius 3 is 2.29 bits per heavy atom. The van der Waals surface area contributed by atoms with Crippen molar-refractivity contribution >= 4 is 35.1 Å². The Kier molecular flexibility index (Phi) is 6.40. The van der Waals surface area contributed by atoms with Crippen LogP contribution in [0.4, 0.5) is 11.4 Å². The highest BCUT2D eigenvalue weighted by molar-refractivity contribution is 6.10. The molecule has 3 aromatic carbocycles. The van der Waals surface area contributed by atoms with Gasteiger partial charge in [0.05, 0.1) is 16.7 Å². The molecule has 0 radical (unpaired) electrons. The first-order chi connectivity index (χ1) is 16.3. The minimum atomic E-state index is -1.20. The zero-order valence-corrected chi connectivity index (χ0v) is 18.4. The molecule has 172 valence electrons. The summed E-state index contributed by atoms with van der Waals surface area (Å²) in [5.74, 6) is -2.75. The molecule has 8 heteroatoms. The number of hydrogen-bond donors (Lipinski definition) is 2. The van der Waals surface area contributed by atoms with Gasteiger partial charge in [-0.05, 0) is 61.4 Å². The van der Waals surface area contributed by atoms with E-state index in [-0.39, 0.29) is 35.2 Å². The van der Waals surface area contributed by atoms with Gasteiger partial charge in [0.15, 0.2) is 6.61 Å². The lowest BCUT2D eigenvalue weighted by atomic mass is 10.1. The van der Waals surface area contributed by atoms with E-state index in [0.717, 1.165) is 17.7 Å². The number of nitrogens with one attached hydrogen (secondary N) is 1. The van der Waals surface area contributed by atoms with Crippen molar-refractivity contribution in [2.75, 3.05) is 16.8 Å². The minimum Gasteiger partial charge on any atom is -0.478 e. The molecule has 1 atom stereocenters. The fourth-order valence-electron chi connectivity index (χ4n) is 3.98. The van der Waals surface area contributed by atoms with Crippen molar-refractivity contribution in [3.05, 3.63) is 95.1 Å². The number of benzene rings is 3. The molecule has 3 aromatic rings. The Morgan fingerprint density at radius 2 is 1.59 bits per heavy atom. The highest BCUT2D eigenvalue weighted by Gasteiger charge is 2.31. The van der Waals surface area contributed by atoms with E-state index >= 15 is 0 Å². The zero-order valence-electron chi connectivity index (χ0n) is 18.4. The van der Waals surface area contributed by atoms with E-state index in [1.807, 2.05) is 31.2 Å². The van der Waals surface area contributed by atoms with Crippen LogP contribution in [0.25, 0.3) is 0 Å². The SMILES string of the molecule is C[C@@H]1Cc2ccccc2N1C(=O)COC(=O)c1ccc(NC(=O)c2ccccc2C(=O)O)cc1. The number of rotatable bonds is 6. The maximum absolute atomic E-state index is 12.7. The Bertz CT molecular complexity index is 1270. The third kappa shape index (κ3) is 4.66. The van der Waals surface area contributed by atoms with Gasteiger partial charge in [-0.25, -0.2) is 9.59 Å². The molecule has 1 aliphatic rings. The Morgan fingerprint density at radius 1 is 0.941 bits per heavy atom. The third-order valence-corrected chi connectivity index (χ3v) is 5.58. The number of carboxylic acids is 1. The summed E-state index contributed by atoms with van der Waals surface area (Å²) in [6.07, 6.45) is 0.750. The second-order valence-electron chi connectivity index (χ2n) is 7.90. The monoisotopic (exact) mass is 458 g/mol. The summed E-state index contributed by atoms with van der Waals surface area (Å²) in [7, 11) is 0. The number of carbonyl (C=O) groups excluding carboxylic acids is 3. The number of hydrogen-bond acceptors (Lipinski definition) is 5. The second kappa shape index (κ2) is 9.58. The lowest BCUT2D eigenvalue weighted by molar-refractivity contribution is -0.122. The quantitative estimate of drug-likeness (QED) is 0.544. The highest BCUT2D eigenvalue weighted by Crippen LogP contribution is 2.31. The van der Waals surface area contributed by atoms with Crippen LogP contribution in [0.5, 0.6) is 0 Å². The number of carbonyl (C=O) groups is 4. The molecular weight excluding hydrogens is 436 g/mol. The van der Waals surface area contributed by atoms with Gasteiger partial charge in [-0.15, -0.1) is 0 Å². The predicted molar refractivity (Wildman–Crippen MR) is 125 cm³/mol. The molecule has 0 saturated heterocycles. The van der Waals surface area contributed by atoms with E-state index in [9.17, 15) is 24.3 Å². The molecule has 0 unspecified atom stereocenters. The fourth-order valence-corrected chi connectivity index (χ4v) is 3.98. The van der Waals surface area contributed by atoms with Crippen molar-refractivity contribution in [3.63, 3.8) is 0 Å². The van der Waals surface area contributed by atoms with Crippen LogP contribution in [0.1, 0.15) is 43.6 Å². The number of carboxylic acid groups (broad SMARTS) is 1. The lowest BCUT2D eigenvalue weighted by Gasteiger charge is -2.22. The van der Waals surface area contributed by atoms with Gasteiger partial charge in [0.25, 0.3) is 11.8 Å². The second-order valence-corrected chi connectivity index (χ2v) is 7.90. The van der Waals surface area contributed by atoms with E-state index in [1.165, 1.54) is 42.5 Å². The van der Waals surface area contributed by atoms with Crippen LogP contribution in [-0.4, -0.2) is 41.5 Å². The first kappa shape index (κ1) is 22.7. The van der Waals surface area contributed by atoms with Gasteiger partial charge in [-0.3, -0.25) is 9.59 Å². The van der Waals surface area contributed by atoms with Crippen LogP contribution in [0, 0.1) is 0 Å². The number of ether oxygens (including phenoxy) is 1. The molecule has 1 aliphatic heterocycles. The molecule has 1 heterocycles. The Labute approximate surface area is 195 Å². The van der Waals surface area contributed by atoms with Gasteiger partial charge in [0, 0.05) is 17.4 Å². The average Bonchev–Trinajstić information content (AvgIpc) is 3.18. The largest absolute Gasteiger partial charge is 0.478 e. The number of para-hydroxylation sites is 1. The van der Waals surface area contributed by atoms with Crippen molar-refractivity contribution in [3.8, 4) is 0 Å². The van der Waals surface area contributed by atoms with Crippen molar-refractivity contribution in [1.29, 1.82) is 0 Å². The number of fused-ring (bicyclic) bond motifs is 1. The Balaban J connectivity index is 1.36. The summed E-state index contributed by atoms with van der Waals surface area (Å²) in [6.45, 7) is 1.56. The maximum Gasteiger partial charge on any atom is 0.338 e. The van der Waals surface area contributed by atoms with Gasteiger partial charge in [0.1, 0.15) is 0 Å². The van der Waals surface area contributed by atoms with E-state index in [4.69, 9.17) is 4.74 Å². The molecule has 0 saturated carbocycles. The number of amides is 2. The van der Waals surface area contributed by atoms with Crippen molar-refractivity contribution in [2.45, 2.75) is 19.4 Å². The summed E-state index contributed by atoms with van der Waals surface area (Å²) >= 11 is 0. The molecule has 2 amide bonds. The molecule has 2 N–H and O–H groups in total. The van der Waals surface area contributed by atoms with Crippen LogP contribution >= 0.6 is 0 Å². The number of esters is 1. The number of nitrogens with zero attached hydrogens (tertiary/aromatic N) is 1. The highest BCUT2D eigenvalue weighted by atomic mass is 16.5. The first-order valence-corrected chi connectivity index (χ1v) is 10.7. The van der Waals surface area contributed by atoms with Gasteiger partial charge < -0.3 is 20.1 Å². The molecule has 4 rings (SSSR count). The molecule has 0 fully saturated rings. The third-order valence-electron chi connectivity index (χ3n) is 5.58. The van der Waals surface area contributed by atoms with Gasteiger partial charge in [-0.2, -0.15) is 0 Å². The van der Waals surface area contributed by atoms with Crippen LogP contribution in [0.2, 0.25) is 0 Å². The van der Waals surface area contributed by atoms with Gasteiger partial charge in [-0.1, -0.05) is 30.3 Å². The Hall–Kier alpha value is -4.46. The van der Waals surface area contributed by atoms with E-state index < -0.39 is 17.8 Å². The summed E-state index contributed by atoms with van der Waals surface area (Å²) in [6, 6.07) is 19.4. The van der Waals surface area contributed by atoms with Crippen LogP contribution in [-0.2, 0) is 16.0 Å². The topological polar surface area (TPSA) is 113 Å². The fraction of sp³-hybridized carbons (Fsp3) is 0.154. The number of aromatic carboxylic acids is 1. The first-order valence-electron chi connectivity index (χ1n) is 10.7. The summed E-state index contributed by atoms with van der Waals surface area (Å²) in [4.78, 5) is 50.5. The molecule has 0 bridgehead atoms. The molecule has 0 spiro atoms. The van der Waals surface area contributed by atoms with Crippen LogP contribution in [0.15, 0.2) is 72.8 Å². The molecule has 34 heavy (non-hydrogen) atoms. The predicted octanol–water partition coefficient (Wildman–Crippen LogP) is 3.77. The minimum absolute atomic E-state index is 0.0160. The smallest absolute Gasteiger partial charge is 0.338 e. The van der Waals surface area contributed by atoms with E-state index in [2.05, 4.69) is 5.32 Å². The molecule has 0 aliphatic carbocycles. The average molecular weight is 458 g/mol. The normalized spacial score (nSPS) is 14.3. The summed E-state index contributed by atoms with van der Waals surface area (Å²) < 4.78 is 5.22. The molecule has 8 nitrogen and oxygen atoms in total. The summed E-state index contributed by atoms with van der Waals surface area (Å²) in [5, 5.41) is 11.8. The lowest BCUT2D eigenvalue weighted by Crippen LogP contribution is -2.38. The number of anilines is 2. The van der Waals surface area contributed by atoms with Crippen LogP contribution < -0.4 is 10.2 Å². The standard InChI is InChI=1S/C26H22N2O6/c1-16-14-18-6-2-5-9-22(18)28(16)23(29)15-34-26(33)17-10-12-19(13-11-17)27-24(30)20-7-3-4-8-21(20)25(31)32/h2-13,16H,14-15H2,1H3,(H,27,30)(H,31,32)/t16-/m1/s1. The molecule has 0 aromatic heterocycles. The van der Waals surface area contributed by atoms with Crippen molar-refractivity contribution < 1.29 is 29.0 Å². The van der Waals surface area contributed by atoms with Crippen molar-refractivity contribution in [1.82, 2.24) is 0 Å². The molecular formula is C26H22N2O6. The van der Waals surface area contributed by atoms with Gasteiger partial charge >= 0.3 is 11.9 Å². The van der Waals surface area contributed by atoms with E-state index in [1.54, 1.807) is 11.0 Å². The zero-order chi connectivity index (χ0) is 24.2. The van der Waals surface area contributed by atoms with Crippen molar-refractivity contribution in [2.24, 2.45) is 0 Å². The maximum atomic E-state index is 12.7.